The van der Waals surface area contributed by atoms with Gasteiger partial charge >= 0.3 is 6.18 Å². The van der Waals surface area contributed by atoms with Crippen LogP contribution in [0.4, 0.5) is 45.0 Å². The van der Waals surface area contributed by atoms with Gasteiger partial charge in [0.15, 0.2) is 0 Å². The van der Waals surface area contributed by atoms with Crippen LogP contribution in [-0.4, -0.2) is 42.2 Å². The molecule has 0 saturated carbocycles. The molecule has 1 saturated heterocycles. The number of carbonyl (C=O) groups excluding carboxylic acids is 1. The van der Waals surface area contributed by atoms with Crippen molar-refractivity contribution in [3.8, 4) is 11.3 Å². The SMILES string of the molecule is C=CC(=O)Nc1cc(-c2nc(Nc3ccc(F)c(N4CCOCC4)c3)ncc2C(F)(F)F)ccc1F. The number of ether oxygens (including phenoxy) is 1. The van der Waals surface area contributed by atoms with Gasteiger partial charge in [-0.2, -0.15) is 13.2 Å². The number of aromatic nitrogens is 2. The highest BCUT2D eigenvalue weighted by atomic mass is 19.4. The van der Waals surface area contributed by atoms with E-state index in [1.165, 1.54) is 18.2 Å². The first kappa shape index (κ1) is 25.0. The molecule has 0 unspecified atom stereocenters. The predicted octanol–water partition coefficient (Wildman–Crippen LogP) is 5.15. The number of morpholine rings is 1. The molecule has 0 spiro atoms. The number of nitrogens with one attached hydrogen (secondary N) is 2. The summed E-state index contributed by atoms with van der Waals surface area (Å²) in [4.78, 5) is 21.2. The highest BCUT2D eigenvalue weighted by Gasteiger charge is 2.35. The van der Waals surface area contributed by atoms with Crippen LogP contribution in [0.15, 0.2) is 55.3 Å². The van der Waals surface area contributed by atoms with Gasteiger partial charge in [0.25, 0.3) is 0 Å². The van der Waals surface area contributed by atoms with Crippen LogP contribution in [-0.2, 0) is 15.7 Å². The fourth-order valence-corrected chi connectivity index (χ4v) is 3.59. The summed E-state index contributed by atoms with van der Waals surface area (Å²) in [5.41, 5.74) is -1.49. The summed E-state index contributed by atoms with van der Waals surface area (Å²) in [6, 6.07) is 7.19. The fourth-order valence-electron chi connectivity index (χ4n) is 3.59. The molecule has 1 aromatic heterocycles. The third-order valence-electron chi connectivity index (χ3n) is 5.33. The number of rotatable bonds is 6. The van der Waals surface area contributed by atoms with Crippen LogP contribution in [0.2, 0.25) is 0 Å². The van der Waals surface area contributed by atoms with Crippen molar-refractivity contribution in [1.29, 1.82) is 0 Å². The van der Waals surface area contributed by atoms with E-state index in [1.807, 2.05) is 0 Å². The van der Waals surface area contributed by atoms with Crippen molar-refractivity contribution in [3.05, 3.63) is 72.4 Å². The number of amides is 1. The van der Waals surface area contributed by atoms with E-state index in [0.29, 0.717) is 43.9 Å². The molecule has 2 aromatic carbocycles. The molecular weight excluding hydrogens is 485 g/mol. The maximum Gasteiger partial charge on any atom is 0.419 e. The van der Waals surface area contributed by atoms with Crippen molar-refractivity contribution in [2.45, 2.75) is 6.18 Å². The van der Waals surface area contributed by atoms with E-state index >= 15 is 0 Å². The van der Waals surface area contributed by atoms with Gasteiger partial charge in [-0.1, -0.05) is 6.58 Å². The zero-order chi connectivity index (χ0) is 25.9. The van der Waals surface area contributed by atoms with Gasteiger partial charge in [0.1, 0.15) is 17.2 Å². The Labute approximate surface area is 202 Å². The Morgan fingerprint density at radius 2 is 1.81 bits per heavy atom. The van der Waals surface area contributed by atoms with Crippen molar-refractivity contribution in [1.82, 2.24) is 9.97 Å². The average Bonchev–Trinajstić information content (AvgIpc) is 2.86. The van der Waals surface area contributed by atoms with Crippen LogP contribution in [0.5, 0.6) is 0 Å². The number of hydrogen-bond donors (Lipinski definition) is 2. The molecule has 0 atom stereocenters. The molecule has 0 radical (unpaired) electrons. The standard InChI is InChI=1S/C24H20F5N5O2/c1-2-21(35)32-19-11-14(3-5-17(19)25)22-16(24(27,28)29)13-30-23(33-22)31-15-4-6-18(26)20(12-15)34-7-9-36-10-8-34/h2-6,11-13H,1,7-10H2,(H,32,35)(H,30,31,33). The summed E-state index contributed by atoms with van der Waals surface area (Å²) >= 11 is 0. The van der Waals surface area contributed by atoms with Crippen molar-refractivity contribution >= 4 is 28.9 Å². The largest absolute Gasteiger partial charge is 0.419 e. The van der Waals surface area contributed by atoms with Gasteiger partial charge in [0.05, 0.1) is 30.3 Å². The molecule has 36 heavy (non-hydrogen) atoms. The van der Waals surface area contributed by atoms with Crippen molar-refractivity contribution in [3.63, 3.8) is 0 Å². The van der Waals surface area contributed by atoms with E-state index in [4.69, 9.17) is 4.74 Å². The molecule has 2 N–H and O–H groups in total. The lowest BCUT2D eigenvalue weighted by Crippen LogP contribution is -2.36. The molecule has 188 valence electrons. The lowest BCUT2D eigenvalue weighted by molar-refractivity contribution is -0.137. The lowest BCUT2D eigenvalue weighted by Gasteiger charge is -2.29. The Morgan fingerprint density at radius 1 is 1.08 bits per heavy atom. The van der Waals surface area contributed by atoms with Crippen LogP contribution in [0.1, 0.15) is 5.56 Å². The number of halogens is 5. The smallest absolute Gasteiger partial charge is 0.378 e. The number of hydrogen-bond acceptors (Lipinski definition) is 6. The maximum atomic E-state index is 14.4. The number of anilines is 4. The van der Waals surface area contributed by atoms with Crippen LogP contribution < -0.4 is 15.5 Å². The van der Waals surface area contributed by atoms with Crippen LogP contribution >= 0.6 is 0 Å². The van der Waals surface area contributed by atoms with Gasteiger partial charge in [-0.3, -0.25) is 4.79 Å². The zero-order valence-corrected chi connectivity index (χ0v) is 18.7. The molecule has 0 bridgehead atoms. The molecule has 1 fully saturated rings. The minimum atomic E-state index is -4.81. The van der Waals surface area contributed by atoms with Crippen molar-refractivity contribution in [2.75, 3.05) is 41.8 Å². The molecule has 2 heterocycles. The van der Waals surface area contributed by atoms with E-state index in [0.717, 1.165) is 24.3 Å². The first-order valence-corrected chi connectivity index (χ1v) is 10.7. The molecule has 4 rings (SSSR count). The van der Waals surface area contributed by atoms with Gasteiger partial charge in [-0.15, -0.1) is 0 Å². The highest BCUT2D eigenvalue weighted by molar-refractivity contribution is 5.99. The summed E-state index contributed by atoms with van der Waals surface area (Å²) in [5, 5.41) is 5.00. The van der Waals surface area contributed by atoms with Gasteiger partial charge in [-0.05, 0) is 42.5 Å². The van der Waals surface area contributed by atoms with Crippen LogP contribution in [0.25, 0.3) is 11.3 Å². The topological polar surface area (TPSA) is 79.4 Å². The number of alkyl halides is 3. The second kappa shape index (κ2) is 10.3. The first-order chi connectivity index (χ1) is 17.2. The lowest BCUT2D eigenvalue weighted by atomic mass is 10.1. The number of nitrogens with zero attached hydrogens (tertiary/aromatic N) is 3. The summed E-state index contributed by atoms with van der Waals surface area (Å²) in [7, 11) is 0. The second-order valence-electron chi connectivity index (χ2n) is 7.73. The molecule has 3 aromatic rings. The van der Waals surface area contributed by atoms with Crippen molar-refractivity contribution in [2.24, 2.45) is 0 Å². The van der Waals surface area contributed by atoms with Crippen LogP contribution in [0, 0.1) is 11.6 Å². The molecule has 0 aliphatic carbocycles. The zero-order valence-electron chi connectivity index (χ0n) is 18.7. The Balaban J connectivity index is 1.71. The van der Waals surface area contributed by atoms with Crippen LogP contribution in [0.3, 0.4) is 0 Å². The average molecular weight is 505 g/mol. The molecule has 12 heteroatoms. The van der Waals surface area contributed by atoms with E-state index < -0.39 is 35.0 Å². The van der Waals surface area contributed by atoms with Crippen molar-refractivity contribution < 1.29 is 31.5 Å². The first-order valence-electron chi connectivity index (χ1n) is 10.7. The molecule has 1 aliphatic heterocycles. The molecule has 7 nitrogen and oxygen atoms in total. The minimum Gasteiger partial charge on any atom is -0.378 e. The Morgan fingerprint density at radius 3 is 2.50 bits per heavy atom. The van der Waals surface area contributed by atoms with Gasteiger partial charge in [0, 0.05) is 30.5 Å². The van der Waals surface area contributed by atoms with E-state index in [9.17, 15) is 26.7 Å². The number of benzene rings is 2. The second-order valence-corrected chi connectivity index (χ2v) is 7.73. The van der Waals surface area contributed by atoms with Gasteiger partial charge in [0.2, 0.25) is 11.9 Å². The van der Waals surface area contributed by atoms with Gasteiger partial charge in [-0.25, -0.2) is 18.7 Å². The summed E-state index contributed by atoms with van der Waals surface area (Å²) in [6.07, 6.45) is -3.32. The molecule has 1 aliphatic rings. The number of carbonyl (C=O) groups is 1. The summed E-state index contributed by atoms with van der Waals surface area (Å²) in [6.45, 7) is 5.11. The third-order valence-corrected chi connectivity index (χ3v) is 5.33. The monoisotopic (exact) mass is 505 g/mol. The summed E-state index contributed by atoms with van der Waals surface area (Å²) in [5.74, 6) is -2.24. The predicted molar refractivity (Wildman–Crippen MR) is 124 cm³/mol. The fraction of sp³-hybridized carbons (Fsp3) is 0.208. The van der Waals surface area contributed by atoms with E-state index in [1.54, 1.807) is 4.90 Å². The quantitative estimate of drug-likeness (QED) is 0.357. The van der Waals surface area contributed by atoms with E-state index in [-0.39, 0.29) is 17.2 Å². The molecular formula is C24H20F5N5O2. The minimum absolute atomic E-state index is 0.110. The Bertz CT molecular complexity index is 1290. The van der Waals surface area contributed by atoms with E-state index in [2.05, 4.69) is 27.2 Å². The normalized spacial score (nSPS) is 13.9. The Kier molecular flexibility index (Phi) is 7.15. The van der Waals surface area contributed by atoms with Gasteiger partial charge < -0.3 is 20.3 Å². The highest BCUT2D eigenvalue weighted by Crippen LogP contribution is 2.37. The Hall–Kier alpha value is -4.06. The summed E-state index contributed by atoms with van der Waals surface area (Å²) < 4.78 is 75.0. The molecule has 1 amide bonds. The maximum absolute atomic E-state index is 14.4. The third kappa shape index (κ3) is 5.60.